The van der Waals surface area contributed by atoms with E-state index in [0.717, 1.165) is 12.8 Å². The molecule has 0 bridgehead atoms. The van der Waals surface area contributed by atoms with Crippen LogP contribution in [0.3, 0.4) is 0 Å². The van der Waals surface area contributed by atoms with Gasteiger partial charge in [-0.1, -0.05) is 11.6 Å². The molecule has 1 aliphatic carbocycles. The van der Waals surface area contributed by atoms with Crippen LogP contribution in [0.15, 0.2) is 18.2 Å². The van der Waals surface area contributed by atoms with Crippen LogP contribution in [0.5, 0.6) is 0 Å². The van der Waals surface area contributed by atoms with Crippen molar-refractivity contribution in [2.75, 3.05) is 6.54 Å². The maximum absolute atomic E-state index is 13.3. The summed E-state index contributed by atoms with van der Waals surface area (Å²) in [5.41, 5.74) is 0.564. The van der Waals surface area contributed by atoms with Crippen LogP contribution in [0.1, 0.15) is 24.8 Å². The first-order valence-electron chi connectivity index (χ1n) is 7.06. The van der Waals surface area contributed by atoms with Crippen molar-refractivity contribution in [3.8, 4) is 0 Å². The van der Waals surface area contributed by atoms with Gasteiger partial charge < -0.3 is 10.2 Å². The summed E-state index contributed by atoms with van der Waals surface area (Å²) < 4.78 is 13.3. The van der Waals surface area contributed by atoms with E-state index in [1.807, 2.05) is 0 Å². The molecule has 1 N–H and O–H groups in total. The molecule has 1 aliphatic heterocycles. The van der Waals surface area contributed by atoms with Gasteiger partial charge in [0.1, 0.15) is 11.9 Å². The highest BCUT2D eigenvalue weighted by Crippen LogP contribution is 2.34. The quantitative estimate of drug-likeness (QED) is 0.929. The molecule has 0 aromatic heterocycles. The van der Waals surface area contributed by atoms with E-state index in [1.165, 1.54) is 18.2 Å². The molecule has 1 saturated carbocycles. The van der Waals surface area contributed by atoms with Gasteiger partial charge in [-0.25, -0.2) is 4.39 Å². The van der Waals surface area contributed by atoms with Crippen LogP contribution in [0.25, 0.3) is 0 Å². The number of hydrogen-bond donors (Lipinski definition) is 1. The number of rotatable bonds is 3. The van der Waals surface area contributed by atoms with Crippen LogP contribution in [0.2, 0.25) is 5.02 Å². The summed E-state index contributed by atoms with van der Waals surface area (Å²) in [7, 11) is 0. The van der Waals surface area contributed by atoms with Gasteiger partial charge in [-0.3, -0.25) is 9.59 Å². The van der Waals surface area contributed by atoms with Gasteiger partial charge in [-0.2, -0.15) is 0 Å². The first-order chi connectivity index (χ1) is 10.0. The third kappa shape index (κ3) is 3.18. The molecule has 2 fully saturated rings. The lowest BCUT2D eigenvalue weighted by Gasteiger charge is -2.24. The fourth-order valence-electron chi connectivity index (χ4n) is 2.63. The second-order valence-electron chi connectivity index (χ2n) is 5.63. The number of benzene rings is 1. The van der Waals surface area contributed by atoms with E-state index >= 15 is 0 Å². The molecule has 6 heteroatoms. The zero-order valence-electron chi connectivity index (χ0n) is 11.4. The molecule has 3 rings (SSSR count). The molecule has 1 saturated heterocycles. The van der Waals surface area contributed by atoms with E-state index < -0.39 is 6.04 Å². The third-order valence-corrected chi connectivity index (χ3v) is 4.33. The first-order valence-corrected chi connectivity index (χ1v) is 7.44. The van der Waals surface area contributed by atoms with Crippen molar-refractivity contribution in [1.29, 1.82) is 0 Å². The summed E-state index contributed by atoms with van der Waals surface area (Å²) >= 11 is 6.06. The topological polar surface area (TPSA) is 49.4 Å². The third-order valence-electron chi connectivity index (χ3n) is 3.97. The molecule has 1 aromatic rings. The molecular formula is C15H16ClFN2O2. The Hall–Kier alpha value is -1.62. The number of nitrogens with zero attached hydrogens (tertiary/aromatic N) is 1. The van der Waals surface area contributed by atoms with Crippen LogP contribution in [-0.4, -0.2) is 29.3 Å². The van der Waals surface area contributed by atoms with Gasteiger partial charge in [0.2, 0.25) is 11.8 Å². The Labute approximate surface area is 127 Å². The van der Waals surface area contributed by atoms with Crippen molar-refractivity contribution in [3.63, 3.8) is 0 Å². The van der Waals surface area contributed by atoms with Crippen molar-refractivity contribution in [1.82, 2.24) is 10.2 Å². The van der Waals surface area contributed by atoms with Crippen LogP contribution in [-0.2, 0) is 16.1 Å². The van der Waals surface area contributed by atoms with Crippen LogP contribution < -0.4 is 5.32 Å². The van der Waals surface area contributed by atoms with E-state index in [9.17, 15) is 14.0 Å². The largest absolute Gasteiger partial charge is 0.344 e. The molecule has 0 radical (unpaired) electrons. The summed E-state index contributed by atoms with van der Waals surface area (Å²) in [4.78, 5) is 25.9. The molecule has 112 valence electrons. The Kier molecular flexibility index (Phi) is 3.85. The minimum absolute atomic E-state index is 0.0938. The lowest BCUT2D eigenvalue weighted by molar-refractivity contribution is -0.134. The Morgan fingerprint density at radius 3 is 2.81 bits per heavy atom. The number of amides is 2. The molecule has 2 amide bonds. The average Bonchev–Trinajstić information content (AvgIpc) is 3.27. The Morgan fingerprint density at radius 2 is 2.10 bits per heavy atom. The van der Waals surface area contributed by atoms with E-state index in [1.54, 1.807) is 4.90 Å². The second-order valence-corrected chi connectivity index (χ2v) is 6.04. The predicted molar refractivity (Wildman–Crippen MR) is 76.1 cm³/mol. The Bertz CT molecular complexity index is 589. The van der Waals surface area contributed by atoms with E-state index in [0.29, 0.717) is 17.1 Å². The van der Waals surface area contributed by atoms with E-state index in [2.05, 4.69) is 5.32 Å². The van der Waals surface area contributed by atoms with Gasteiger partial charge in [-0.05, 0) is 42.5 Å². The van der Waals surface area contributed by atoms with Crippen molar-refractivity contribution in [3.05, 3.63) is 34.6 Å². The minimum Gasteiger partial charge on any atom is -0.344 e. The summed E-state index contributed by atoms with van der Waals surface area (Å²) in [5, 5.41) is 3.22. The highest BCUT2D eigenvalue weighted by molar-refractivity contribution is 6.31. The summed E-state index contributed by atoms with van der Waals surface area (Å²) in [5.74, 6) is -0.341. The maximum Gasteiger partial charge on any atom is 0.245 e. The fourth-order valence-corrected chi connectivity index (χ4v) is 2.80. The normalized spacial score (nSPS) is 23.0. The molecule has 21 heavy (non-hydrogen) atoms. The molecular weight excluding hydrogens is 295 g/mol. The average molecular weight is 311 g/mol. The van der Waals surface area contributed by atoms with Crippen molar-refractivity contribution in [2.24, 2.45) is 5.92 Å². The predicted octanol–water partition coefficient (Wildman–Crippen LogP) is 2.11. The molecule has 1 unspecified atom stereocenters. The van der Waals surface area contributed by atoms with Gasteiger partial charge >= 0.3 is 0 Å². The standard InChI is InChI=1S/C15H16ClFN2O2/c16-12-4-3-11(17)7-10(12)8-19-6-5-13(20)18-14(15(19)21)9-1-2-9/h3-4,7,9,14H,1-2,5-6,8H2,(H,18,20). The zero-order chi connectivity index (χ0) is 15.0. The number of halogens is 2. The first kappa shape index (κ1) is 14.3. The smallest absolute Gasteiger partial charge is 0.245 e. The number of nitrogens with one attached hydrogen (secondary N) is 1. The Balaban J connectivity index is 1.81. The molecule has 4 nitrogen and oxygen atoms in total. The number of carbonyl (C=O) groups excluding carboxylic acids is 2. The molecule has 0 spiro atoms. The Morgan fingerprint density at radius 1 is 1.33 bits per heavy atom. The van der Waals surface area contributed by atoms with Gasteiger partial charge in [0, 0.05) is 24.5 Å². The van der Waals surface area contributed by atoms with E-state index in [-0.39, 0.29) is 36.5 Å². The monoisotopic (exact) mass is 310 g/mol. The molecule has 1 heterocycles. The van der Waals surface area contributed by atoms with Gasteiger partial charge in [0.25, 0.3) is 0 Å². The minimum atomic E-state index is -0.438. The maximum atomic E-state index is 13.3. The molecule has 1 aromatic carbocycles. The second kappa shape index (κ2) is 5.64. The van der Waals surface area contributed by atoms with Gasteiger partial charge in [-0.15, -0.1) is 0 Å². The van der Waals surface area contributed by atoms with E-state index in [4.69, 9.17) is 11.6 Å². The van der Waals surface area contributed by atoms with Crippen LogP contribution in [0.4, 0.5) is 4.39 Å². The highest BCUT2D eigenvalue weighted by atomic mass is 35.5. The number of hydrogen-bond acceptors (Lipinski definition) is 2. The van der Waals surface area contributed by atoms with Crippen molar-refractivity contribution < 1.29 is 14.0 Å². The molecule has 2 aliphatic rings. The van der Waals surface area contributed by atoms with Crippen LogP contribution >= 0.6 is 11.6 Å². The summed E-state index contributed by atoms with van der Waals surface area (Å²) in [6, 6.07) is 3.67. The lowest BCUT2D eigenvalue weighted by Crippen LogP contribution is -2.45. The lowest BCUT2D eigenvalue weighted by atomic mass is 10.1. The fraction of sp³-hybridized carbons (Fsp3) is 0.467. The zero-order valence-corrected chi connectivity index (χ0v) is 12.2. The van der Waals surface area contributed by atoms with Crippen molar-refractivity contribution >= 4 is 23.4 Å². The van der Waals surface area contributed by atoms with Crippen molar-refractivity contribution in [2.45, 2.75) is 31.8 Å². The summed E-state index contributed by atoms with van der Waals surface area (Å²) in [6.45, 7) is 0.564. The highest BCUT2D eigenvalue weighted by Gasteiger charge is 2.40. The van der Waals surface area contributed by atoms with Gasteiger partial charge in [0.15, 0.2) is 0 Å². The van der Waals surface area contributed by atoms with Crippen LogP contribution in [0, 0.1) is 11.7 Å². The SMILES string of the molecule is O=C1CCN(Cc2cc(F)ccc2Cl)C(=O)C(C2CC2)N1. The van der Waals surface area contributed by atoms with Gasteiger partial charge in [0.05, 0.1) is 0 Å². The molecule has 1 atom stereocenters. The summed E-state index contributed by atoms with van der Waals surface area (Å²) in [6.07, 6.45) is 2.19. The number of carbonyl (C=O) groups is 2.